The van der Waals surface area contributed by atoms with E-state index in [-0.39, 0.29) is 16.6 Å². The van der Waals surface area contributed by atoms with Crippen molar-refractivity contribution in [3.05, 3.63) is 28.5 Å². The molecule has 0 unspecified atom stereocenters. The number of nitrogens with one attached hydrogen (secondary N) is 1. The van der Waals surface area contributed by atoms with Gasteiger partial charge in [0.25, 0.3) is 0 Å². The highest BCUT2D eigenvalue weighted by Gasteiger charge is 2.13. The number of hydrogen-bond acceptors (Lipinski definition) is 3. The first kappa shape index (κ1) is 19.8. The Hall–Kier alpha value is -1.20. The van der Waals surface area contributed by atoms with E-state index in [2.05, 4.69) is 12.2 Å². The average Bonchev–Trinajstić information content (AvgIpc) is 2.50. The van der Waals surface area contributed by atoms with Crippen LogP contribution in [-0.4, -0.2) is 17.6 Å². The van der Waals surface area contributed by atoms with Gasteiger partial charge in [0.05, 0.1) is 12.3 Å². The fourth-order valence-electron chi connectivity index (χ4n) is 2.00. The Morgan fingerprint density at radius 2 is 2.04 bits per heavy atom. The second kappa shape index (κ2) is 10.6. The first-order chi connectivity index (χ1) is 11.0. The molecule has 0 aliphatic heterocycles. The van der Waals surface area contributed by atoms with E-state index < -0.39 is 5.82 Å². The Morgan fingerprint density at radius 3 is 2.70 bits per heavy atom. The van der Waals surface area contributed by atoms with Crippen LogP contribution in [0.25, 0.3) is 0 Å². The van der Waals surface area contributed by atoms with Gasteiger partial charge in [0.1, 0.15) is 5.82 Å². The van der Waals surface area contributed by atoms with E-state index in [1.54, 1.807) is 0 Å². The van der Waals surface area contributed by atoms with Gasteiger partial charge in [-0.2, -0.15) is 0 Å². The molecule has 0 fully saturated rings. The van der Waals surface area contributed by atoms with Gasteiger partial charge in [0.15, 0.2) is 5.05 Å². The van der Waals surface area contributed by atoms with Gasteiger partial charge in [-0.1, -0.05) is 38.3 Å². The smallest absolute Gasteiger partial charge is 0.224 e. The largest absolute Gasteiger partial charge is 0.487 e. The number of rotatable bonds is 9. The van der Waals surface area contributed by atoms with E-state index in [1.807, 2.05) is 6.92 Å². The zero-order valence-corrected chi connectivity index (χ0v) is 15.2. The predicted octanol–water partition coefficient (Wildman–Crippen LogP) is 5.29. The molecular formula is C17H23ClFNO2S. The Labute approximate surface area is 147 Å². The maximum absolute atomic E-state index is 14.0. The molecule has 0 heterocycles. The van der Waals surface area contributed by atoms with Crippen LogP contribution in [0.3, 0.4) is 0 Å². The zero-order valence-electron chi connectivity index (χ0n) is 13.6. The second-order valence-corrected chi connectivity index (χ2v) is 6.19. The third-order valence-electron chi connectivity index (χ3n) is 3.22. The molecule has 6 heteroatoms. The summed E-state index contributed by atoms with van der Waals surface area (Å²) in [6, 6.07) is 2.72. The number of carbonyl (C=O) groups excluding carboxylic acids is 1. The molecule has 1 aromatic rings. The maximum Gasteiger partial charge on any atom is 0.224 e. The van der Waals surface area contributed by atoms with Crippen molar-refractivity contribution < 1.29 is 13.9 Å². The van der Waals surface area contributed by atoms with Crippen molar-refractivity contribution in [1.29, 1.82) is 0 Å². The SMILES string of the molecule is CCCCCC(=O)Nc1cc(CC(=S)OCCC)c(Cl)cc1F. The molecule has 1 amide bonds. The van der Waals surface area contributed by atoms with Crippen molar-refractivity contribution in [2.45, 2.75) is 52.4 Å². The van der Waals surface area contributed by atoms with E-state index in [4.69, 9.17) is 28.6 Å². The first-order valence-corrected chi connectivity index (χ1v) is 8.69. The van der Waals surface area contributed by atoms with Crippen LogP contribution in [-0.2, 0) is 16.0 Å². The van der Waals surface area contributed by atoms with Gasteiger partial charge >= 0.3 is 0 Å². The molecular weight excluding hydrogens is 337 g/mol. The molecule has 3 nitrogen and oxygen atoms in total. The number of unbranched alkanes of at least 4 members (excludes halogenated alkanes) is 2. The molecule has 23 heavy (non-hydrogen) atoms. The molecule has 0 aliphatic carbocycles. The van der Waals surface area contributed by atoms with Crippen LogP contribution in [0.5, 0.6) is 0 Å². The third kappa shape index (κ3) is 7.27. The summed E-state index contributed by atoms with van der Waals surface area (Å²) in [5.74, 6) is -0.751. The number of carbonyl (C=O) groups is 1. The fourth-order valence-corrected chi connectivity index (χ4v) is 2.45. The lowest BCUT2D eigenvalue weighted by Crippen LogP contribution is -2.13. The first-order valence-electron chi connectivity index (χ1n) is 7.91. The molecule has 0 saturated carbocycles. The van der Waals surface area contributed by atoms with Crippen molar-refractivity contribution in [3.8, 4) is 0 Å². The van der Waals surface area contributed by atoms with Gasteiger partial charge in [0.2, 0.25) is 5.91 Å². The molecule has 1 N–H and O–H groups in total. The van der Waals surface area contributed by atoms with E-state index in [1.165, 1.54) is 12.1 Å². The fraction of sp³-hybridized carbons (Fsp3) is 0.529. The highest BCUT2D eigenvalue weighted by molar-refractivity contribution is 7.80. The van der Waals surface area contributed by atoms with Crippen LogP contribution in [0, 0.1) is 5.82 Å². The molecule has 128 valence electrons. The highest BCUT2D eigenvalue weighted by Crippen LogP contribution is 2.25. The van der Waals surface area contributed by atoms with Crippen molar-refractivity contribution in [1.82, 2.24) is 0 Å². The molecule has 0 aliphatic rings. The molecule has 1 aromatic carbocycles. The summed E-state index contributed by atoms with van der Waals surface area (Å²) < 4.78 is 19.3. The average molecular weight is 360 g/mol. The number of anilines is 1. The lowest BCUT2D eigenvalue weighted by molar-refractivity contribution is -0.116. The number of amides is 1. The van der Waals surface area contributed by atoms with Crippen molar-refractivity contribution in [2.75, 3.05) is 11.9 Å². The molecule has 1 rings (SSSR count). The minimum Gasteiger partial charge on any atom is -0.487 e. The highest BCUT2D eigenvalue weighted by atomic mass is 35.5. The lowest BCUT2D eigenvalue weighted by atomic mass is 10.1. The normalized spacial score (nSPS) is 10.4. The second-order valence-electron chi connectivity index (χ2n) is 5.33. The van der Waals surface area contributed by atoms with E-state index in [0.29, 0.717) is 30.1 Å². The summed E-state index contributed by atoms with van der Waals surface area (Å²) in [5.41, 5.74) is 0.766. The van der Waals surface area contributed by atoms with Crippen molar-refractivity contribution >= 4 is 40.5 Å². The minimum atomic E-state index is -0.553. The van der Waals surface area contributed by atoms with Crippen LogP contribution >= 0.6 is 23.8 Å². The monoisotopic (exact) mass is 359 g/mol. The Balaban J connectivity index is 2.75. The van der Waals surface area contributed by atoms with Crippen LogP contribution in [0.4, 0.5) is 10.1 Å². The number of halogens is 2. The van der Waals surface area contributed by atoms with Crippen molar-refractivity contribution in [2.24, 2.45) is 0 Å². The van der Waals surface area contributed by atoms with Gasteiger partial charge < -0.3 is 10.1 Å². The number of hydrogen-bond donors (Lipinski definition) is 1. The Morgan fingerprint density at radius 1 is 1.30 bits per heavy atom. The van der Waals surface area contributed by atoms with Gasteiger partial charge in [-0.3, -0.25) is 4.79 Å². The molecule has 0 aromatic heterocycles. The molecule has 0 atom stereocenters. The quantitative estimate of drug-likeness (QED) is 0.480. The number of thiocarbonyl (C=S) groups is 1. The van der Waals surface area contributed by atoms with Gasteiger partial charge in [-0.05, 0) is 42.8 Å². The van der Waals surface area contributed by atoms with E-state index in [9.17, 15) is 9.18 Å². The molecule has 0 spiro atoms. The van der Waals surface area contributed by atoms with E-state index >= 15 is 0 Å². The van der Waals surface area contributed by atoms with Gasteiger partial charge in [-0.25, -0.2) is 4.39 Å². The number of ether oxygens (including phenoxy) is 1. The van der Waals surface area contributed by atoms with Crippen LogP contribution in [0.15, 0.2) is 12.1 Å². The van der Waals surface area contributed by atoms with Crippen molar-refractivity contribution in [3.63, 3.8) is 0 Å². The third-order valence-corrected chi connectivity index (χ3v) is 3.83. The van der Waals surface area contributed by atoms with Crippen LogP contribution in [0.2, 0.25) is 5.02 Å². The summed E-state index contributed by atoms with van der Waals surface area (Å²) in [6.45, 7) is 4.59. The summed E-state index contributed by atoms with van der Waals surface area (Å²) in [7, 11) is 0. The molecule has 0 radical (unpaired) electrons. The number of benzene rings is 1. The predicted molar refractivity (Wildman–Crippen MR) is 96.7 cm³/mol. The Bertz CT molecular complexity index is 552. The minimum absolute atomic E-state index is 0.129. The van der Waals surface area contributed by atoms with Crippen LogP contribution < -0.4 is 5.32 Å². The molecule has 0 bridgehead atoms. The van der Waals surface area contributed by atoms with Gasteiger partial charge in [-0.15, -0.1) is 0 Å². The topological polar surface area (TPSA) is 38.3 Å². The lowest BCUT2D eigenvalue weighted by Gasteiger charge is -2.12. The van der Waals surface area contributed by atoms with Gasteiger partial charge in [0, 0.05) is 17.9 Å². The summed E-state index contributed by atoms with van der Waals surface area (Å²) >= 11 is 11.2. The summed E-state index contributed by atoms with van der Waals surface area (Å²) in [6.07, 6.45) is 4.35. The summed E-state index contributed by atoms with van der Waals surface area (Å²) in [5, 5.41) is 3.27. The maximum atomic E-state index is 14.0. The van der Waals surface area contributed by atoms with Crippen LogP contribution in [0.1, 0.15) is 51.5 Å². The summed E-state index contributed by atoms with van der Waals surface area (Å²) in [4.78, 5) is 11.8. The zero-order chi connectivity index (χ0) is 17.2. The molecule has 0 saturated heterocycles. The standard InChI is InChI=1S/C17H23ClFNO2S/c1-3-5-6-7-16(21)20-15-9-12(13(18)11-14(15)19)10-17(23)22-8-4-2/h9,11H,3-8,10H2,1-2H3,(H,20,21). The van der Waals surface area contributed by atoms with E-state index in [0.717, 1.165) is 25.7 Å². The Kier molecular flexibility index (Phi) is 9.10.